The quantitative estimate of drug-likeness (QED) is 0.212. The molecule has 4 aliphatic rings. The summed E-state index contributed by atoms with van der Waals surface area (Å²) >= 11 is 0. The highest BCUT2D eigenvalue weighted by Gasteiger charge is 2.56. The second-order valence-electron chi connectivity index (χ2n) is 11.0. The highest BCUT2D eigenvalue weighted by atomic mass is 16.5. The van der Waals surface area contributed by atoms with Crippen molar-refractivity contribution in [1.29, 1.82) is 0 Å². The fourth-order valence-electron chi connectivity index (χ4n) is 6.92. The third-order valence-electron chi connectivity index (χ3n) is 8.82. The third-order valence-corrected chi connectivity index (χ3v) is 8.82. The Bertz CT molecular complexity index is 1640. The maximum atomic E-state index is 14.0. The molecule has 0 aromatic heterocycles. The Morgan fingerprint density at radius 2 is 1.64 bits per heavy atom. The van der Waals surface area contributed by atoms with Crippen LogP contribution in [-0.2, 0) is 19.2 Å². The van der Waals surface area contributed by atoms with Gasteiger partial charge >= 0.3 is 7.12 Å². The summed E-state index contributed by atoms with van der Waals surface area (Å²) in [4.78, 5) is 55.8. The molecule has 2 amide bonds. The van der Waals surface area contributed by atoms with Crippen molar-refractivity contribution in [1.82, 2.24) is 0 Å². The topological polar surface area (TPSA) is 151 Å². The van der Waals surface area contributed by atoms with Crippen LogP contribution in [0.2, 0.25) is 0 Å². The predicted molar refractivity (Wildman–Crippen MR) is 151 cm³/mol. The number of fused-ring (bicyclic) bond motifs is 3. The smallest absolute Gasteiger partial charge is 0.488 e. The number of phenolic OH excluding ortho intramolecular Hbond substituents is 1. The lowest BCUT2D eigenvalue weighted by Crippen LogP contribution is -2.40. The number of Topliss-reactive ketones (excluding diaryl/α,β-unsaturated/α-hetero) is 1. The minimum Gasteiger partial charge on any atom is -0.502 e. The summed E-state index contributed by atoms with van der Waals surface area (Å²) in [7, 11) is 1.00. The van der Waals surface area contributed by atoms with Gasteiger partial charge in [0.2, 0.25) is 17.6 Å². The van der Waals surface area contributed by atoms with Gasteiger partial charge in [-0.25, -0.2) is 0 Å². The molecule has 0 radical (unpaired) electrons. The zero-order chi connectivity index (χ0) is 30.0. The van der Waals surface area contributed by atoms with E-state index in [1.807, 2.05) is 6.08 Å². The monoisotopic (exact) mass is 569 g/mol. The van der Waals surface area contributed by atoms with E-state index in [0.717, 1.165) is 10.5 Å². The molecule has 10 nitrogen and oxygen atoms in total. The van der Waals surface area contributed by atoms with Crippen molar-refractivity contribution in [2.45, 2.75) is 25.7 Å². The number of imide groups is 1. The average molecular weight is 569 g/mol. The molecule has 1 fully saturated rings. The molecular weight excluding hydrogens is 541 g/mol. The van der Waals surface area contributed by atoms with Gasteiger partial charge in [0, 0.05) is 22.6 Å². The molecular formula is C31H28BNO9. The van der Waals surface area contributed by atoms with Crippen LogP contribution in [0.4, 0.5) is 5.69 Å². The van der Waals surface area contributed by atoms with Gasteiger partial charge in [-0.3, -0.25) is 24.1 Å². The SMILES string of the molecule is COc1cc([C@H]2C3=CC[C@@H]4C(=O)N(c5cccc(B(O)O)c5)C(=O)[C@@H]4[C@@H]3CC3=C2C(=O)C=C(C)C3=O)cc(OC)c1O. The van der Waals surface area contributed by atoms with Crippen molar-refractivity contribution >= 4 is 41.6 Å². The Labute approximate surface area is 241 Å². The molecule has 3 aliphatic carbocycles. The van der Waals surface area contributed by atoms with E-state index >= 15 is 0 Å². The van der Waals surface area contributed by atoms with Gasteiger partial charge in [0.15, 0.2) is 23.1 Å². The number of nitrogens with zero attached hydrogens (tertiary/aromatic N) is 1. The number of benzene rings is 2. The number of anilines is 1. The van der Waals surface area contributed by atoms with E-state index < -0.39 is 42.6 Å². The first kappa shape index (κ1) is 27.7. The highest BCUT2D eigenvalue weighted by Crippen LogP contribution is 2.56. The molecule has 6 rings (SSSR count). The molecule has 4 atom stereocenters. The zero-order valence-corrected chi connectivity index (χ0v) is 23.2. The molecule has 0 spiro atoms. The van der Waals surface area contributed by atoms with Crippen molar-refractivity contribution in [2.75, 3.05) is 19.1 Å². The largest absolute Gasteiger partial charge is 0.502 e. The molecule has 214 valence electrons. The van der Waals surface area contributed by atoms with Gasteiger partial charge in [-0.15, -0.1) is 0 Å². The number of ketones is 2. The summed E-state index contributed by atoms with van der Waals surface area (Å²) in [5.41, 5.74) is 2.56. The van der Waals surface area contributed by atoms with Gasteiger partial charge in [-0.1, -0.05) is 23.8 Å². The fourth-order valence-corrected chi connectivity index (χ4v) is 6.92. The van der Waals surface area contributed by atoms with Crippen molar-refractivity contribution in [2.24, 2.45) is 17.8 Å². The molecule has 0 unspecified atom stereocenters. The third kappa shape index (κ3) is 4.03. The number of carbonyl (C=O) groups excluding carboxylic acids is 4. The fraction of sp³-hybridized carbons (Fsp3) is 0.290. The van der Waals surface area contributed by atoms with Crippen molar-refractivity contribution in [3.05, 3.63) is 76.4 Å². The van der Waals surface area contributed by atoms with Gasteiger partial charge in [-0.2, -0.15) is 0 Å². The van der Waals surface area contributed by atoms with Crippen LogP contribution in [0.15, 0.2) is 70.8 Å². The molecule has 2 aromatic carbocycles. The normalized spacial score (nSPS) is 25.0. The number of hydrogen-bond acceptors (Lipinski definition) is 9. The van der Waals surface area contributed by atoms with E-state index in [0.29, 0.717) is 22.3 Å². The van der Waals surface area contributed by atoms with E-state index in [-0.39, 0.29) is 52.8 Å². The molecule has 1 aliphatic heterocycles. The average Bonchev–Trinajstić information content (AvgIpc) is 3.24. The molecule has 3 N–H and O–H groups in total. The second kappa shape index (κ2) is 10.1. The standard InChI is InChI=1S/C31H28BNO9/c1-14-9-22(34)27-21(28(14)35)13-20-18(25(27)15-10-23(41-2)29(36)24(11-15)42-3)7-8-19-26(20)31(38)33(30(19)37)17-6-4-5-16(12-17)32(39)40/h4-7,9-12,19-20,25-26,36,39-40H,8,13H2,1-3H3/t19-,20+,25-,26-/m0/s1. The van der Waals surface area contributed by atoms with Gasteiger partial charge in [0.25, 0.3) is 0 Å². The summed E-state index contributed by atoms with van der Waals surface area (Å²) in [5, 5.41) is 29.9. The van der Waals surface area contributed by atoms with Crippen LogP contribution in [-0.4, -0.2) is 59.9 Å². The number of rotatable bonds is 5. The van der Waals surface area contributed by atoms with Crippen molar-refractivity contribution < 1.29 is 43.8 Å². The van der Waals surface area contributed by atoms with Crippen LogP contribution in [0.3, 0.4) is 0 Å². The number of carbonyl (C=O) groups is 4. The number of methoxy groups -OCH3 is 2. The Morgan fingerprint density at radius 1 is 0.952 bits per heavy atom. The number of aromatic hydroxyl groups is 1. The highest BCUT2D eigenvalue weighted by molar-refractivity contribution is 6.58. The van der Waals surface area contributed by atoms with E-state index in [9.17, 15) is 34.3 Å². The molecule has 2 aromatic rings. The van der Waals surface area contributed by atoms with Crippen LogP contribution in [0.1, 0.15) is 31.2 Å². The van der Waals surface area contributed by atoms with Crippen LogP contribution in [0.25, 0.3) is 0 Å². The van der Waals surface area contributed by atoms with Gasteiger partial charge in [0.1, 0.15) is 0 Å². The van der Waals surface area contributed by atoms with Gasteiger partial charge in [0.05, 0.1) is 31.7 Å². The molecule has 1 heterocycles. The number of ether oxygens (including phenoxy) is 2. The summed E-state index contributed by atoms with van der Waals surface area (Å²) in [6, 6.07) is 9.15. The van der Waals surface area contributed by atoms with E-state index in [4.69, 9.17) is 9.47 Å². The predicted octanol–water partition coefficient (Wildman–Crippen LogP) is 1.72. The maximum Gasteiger partial charge on any atom is 0.488 e. The number of allylic oxidation sites excluding steroid dienone is 6. The minimum atomic E-state index is -1.77. The number of phenols is 1. The first-order valence-electron chi connectivity index (χ1n) is 13.6. The Morgan fingerprint density at radius 3 is 2.29 bits per heavy atom. The summed E-state index contributed by atoms with van der Waals surface area (Å²) in [5.74, 6) is -4.22. The van der Waals surface area contributed by atoms with Crippen LogP contribution in [0, 0.1) is 17.8 Å². The first-order chi connectivity index (χ1) is 20.1. The molecule has 0 saturated carbocycles. The minimum absolute atomic E-state index is 0.114. The molecule has 0 bridgehead atoms. The van der Waals surface area contributed by atoms with Crippen molar-refractivity contribution in [3.8, 4) is 17.2 Å². The molecule has 1 saturated heterocycles. The lowest BCUT2D eigenvalue weighted by atomic mass is 9.59. The lowest BCUT2D eigenvalue weighted by molar-refractivity contribution is -0.123. The number of hydrogen-bond donors (Lipinski definition) is 3. The first-order valence-corrected chi connectivity index (χ1v) is 13.6. The van der Waals surface area contributed by atoms with Gasteiger partial charge in [-0.05, 0) is 67.1 Å². The summed E-state index contributed by atoms with van der Waals surface area (Å²) in [6.45, 7) is 1.58. The van der Waals surface area contributed by atoms with E-state index in [2.05, 4.69) is 0 Å². The molecule has 11 heteroatoms. The van der Waals surface area contributed by atoms with Crippen LogP contribution in [0.5, 0.6) is 17.2 Å². The van der Waals surface area contributed by atoms with E-state index in [1.165, 1.54) is 38.5 Å². The zero-order valence-electron chi connectivity index (χ0n) is 23.2. The Hall–Kier alpha value is -4.48. The lowest BCUT2D eigenvalue weighted by Gasteiger charge is -2.42. The summed E-state index contributed by atoms with van der Waals surface area (Å²) in [6.07, 6.45) is 3.56. The Kier molecular flexibility index (Phi) is 6.66. The van der Waals surface area contributed by atoms with Crippen LogP contribution >= 0.6 is 0 Å². The second-order valence-corrected chi connectivity index (χ2v) is 11.0. The van der Waals surface area contributed by atoms with Crippen molar-refractivity contribution in [3.63, 3.8) is 0 Å². The number of amides is 2. The Balaban J connectivity index is 1.50. The van der Waals surface area contributed by atoms with E-state index in [1.54, 1.807) is 25.1 Å². The maximum absolute atomic E-state index is 14.0. The molecule has 42 heavy (non-hydrogen) atoms. The van der Waals surface area contributed by atoms with Crippen LogP contribution < -0.4 is 19.8 Å². The van der Waals surface area contributed by atoms with Gasteiger partial charge < -0.3 is 24.6 Å². The summed E-state index contributed by atoms with van der Waals surface area (Å²) < 4.78 is 10.8.